The molecule has 32 heavy (non-hydrogen) atoms. The van der Waals surface area contributed by atoms with Gasteiger partial charge in [0.15, 0.2) is 23.1 Å². The lowest BCUT2D eigenvalue weighted by molar-refractivity contribution is 0.0993. The normalized spacial score (nSPS) is 12.4. The van der Waals surface area contributed by atoms with Crippen molar-refractivity contribution in [2.45, 2.75) is 13.0 Å². The van der Waals surface area contributed by atoms with Gasteiger partial charge < -0.3 is 25.8 Å². The summed E-state index contributed by atoms with van der Waals surface area (Å²) in [5.41, 5.74) is 8.58. The van der Waals surface area contributed by atoms with Crippen molar-refractivity contribution in [1.29, 1.82) is 0 Å². The standard InChI is InChI=1S/C20H18BN7O4/c22-18(29)15-6-2-5-14-16(26-27-28(14)15)19-24-13-7-8-32-17(13)20(25-19)23-10-11-3-1-4-12(9-11)21(30)31/h1-6,9,30-31H,7-8,10H2,(H2,22,29)(H,23,24,25). The highest BCUT2D eigenvalue weighted by atomic mass is 16.5. The molecule has 4 heterocycles. The fourth-order valence-corrected chi connectivity index (χ4v) is 3.61. The number of hydrogen-bond acceptors (Lipinski definition) is 9. The van der Waals surface area contributed by atoms with Crippen molar-refractivity contribution in [2.24, 2.45) is 5.73 Å². The number of nitrogens with two attached hydrogens (primary N) is 1. The fraction of sp³-hybridized carbons (Fsp3) is 0.150. The molecule has 5 rings (SSSR count). The zero-order valence-corrected chi connectivity index (χ0v) is 16.8. The van der Waals surface area contributed by atoms with Gasteiger partial charge in [-0.15, -0.1) is 5.10 Å². The zero-order valence-electron chi connectivity index (χ0n) is 16.8. The van der Waals surface area contributed by atoms with Gasteiger partial charge in [0.25, 0.3) is 5.91 Å². The molecule has 160 valence electrons. The second-order valence-electron chi connectivity index (χ2n) is 7.25. The highest BCUT2D eigenvalue weighted by molar-refractivity contribution is 6.58. The Morgan fingerprint density at radius 3 is 2.88 bits per heavy atom. The van der Waals surface area contributed by atoms with Gasteiger partial charge in [0.05, 0.1) is 17.8 Å². The van der Waals surface area contributed by atoms with Crippen LogP contribution in [0, 0.1) is 0 Å². The number of aromatic nitrogens is 5. The summed E-state index contributed by atoms with van der Waals surface area (Å²) in [6, 6.07) is 12.0. The Labute approximate surface area is 182 Å². The van der Waals surface area contributed by atoms with Crippen LogP contribution in [0.3, 0.4) is 0 Å². The summed E-state index contributed by atoms with van der Waals surface area (Å²) in [4.78, 5) is 20.9. The number of amides is 1. The lowest BCUT2D eigenvalue weighted by Gasteiger charge is -2.12. The van der Waals surface area contributed by atoms with Crippen LogP contribution in [0.2, 0.25) is 0 Å². The van der Waals surface area contributed by atoms with Crippen LogP contribution in [0.5, 0.6) is 5.75 Å². The molecule has 0 saturated carbocycles. The minimum absolute atomic E-state index is 0.204. The van der Waals surface area contributed by atoms with Crippen molar-refractivity contribution in [3.8, 4) is 17.3 Å². The van der Waals surface area contributed by atoms with Gasteiger partial charge >= 0.3 is 7.12 Å². The molecule has 0 radical (unpaired) electrons. The molecule has 0 saturated heterocycles. The van der Waals surface area contributed by atoms with Crippen molar-refractivity contribution >= 4 is 29.8 Å². The van der Waals surface area contributed by atoms with Crippen LogP contribution in [0.4, 0.5) is 5.82 Å². The van der Waals surface area contributed by atoms with E-state index in [0.29, 0.717) is 53.6 Å². The average molecular weight is 431 g/mol. The molecule has 1 aliphatic rings. The SMILES string of the molecule is NC(=O)c1cccc2c(-c3nc4c(c(NCc5cccc(B(O)O)c5)n3)OCC4)nnn12. The van der Waals surface area contributed by atoms with Crippen molar-refractivity contribution in [1.82, 2.24) is 24.8 Å². The highest BCUT2D eigenvalue weighted by Crippen LogP contribution is 2.34. The van der Waals surface area contributed by atoms with Gasteiger partial charge in [-0.2, -0.15) is 0 Å². The zero-order chi connectivity index (χ0) is 22.2. The predicted octanol–water partition coefficient (Wildman–Crippen LogP) is -0.488. The van der Waals surface area contributed by atoms with E-state index in [0.717, 1.165) is 11.3 Å². The molecule has 4 aromatic rings. The molecule has 0 atom stereocenters. The molecule has 0 fully saturated rings. The quantitative estimate of drug-likeness (QED) is 0.295. The van der Waals surface area contributed by atoms with Crippen molar-refractivity contribution in [3.05, 3.63) is 59.4 Å². The molecule has 11 nitrogen and oxygen atoms in total. The smallest absolute Gasteiger partial charge is 0.487 e. The molecule has 0 aliphatic carbocycles. The molecule has 0 spiro atoms. The Kier molecular flexibility index (Phi) is 4.92. The van der Waals surface area contributed by atoms with Crippen LogP contribution in [0.15, 0.2) is 42.5 Å². The summed E-state index contributed by atoms with van der Waals surface area (Å²) < 4.78 is 7.09. The van der Waals surface area contributed by atoms with E-state index >= 15 is 0 Å². The number of benzene rings is 1. The third-order valence-electron chi connectivity index (χ3n) is 5.14. The first-order valence-corrected chi connectivity index (χ1v) is 9.88. The molecule has 0 unspecified atom stereocenters. The largest absolute Gasteiger partial charge is 0.488 e. The number of primary amides is 1. The molecule has 3 aromatic heterocycles. The van der Waals surface area contributed by atoms with Gasteiger partial charge in [-0.25, -0.2) is 14.5 Å². The van der Waals surface area contributed by atoms with Gasteiger partial charge in [-0.3, -0.25) is 4.79 Å². The number of anilines is 1. The van der Waals surface area contributed by atoms with E-state index < -0.39 is 13.0 Å². The summed E-state index contributed by atoms with van der Waals surface area (Å²) in [6.45, 7) is 0.864. The average Bonchev–Trinajstić information content (AvgIpc) is 3.44. The topological polar surface area (TPSA) is 161 Å². The summed E-state index contributed by atoms with van der Waals surface area (Å²) in [7, 11) is -1.54. The van der Waals surface area contributed by atoms with E-state index in [4.69, 9.17) is 10.5 Å². The van der Waals surface area contributed by atoms with E-state index in [1.807, 2.05) is 6.07 Å². The first-order valence-electron chi connectivity index (χ1n) is 9.88. The Balaban J connectivity index is 1.52. The number of rotatable bonds is 6. The van der Waals surface area contributed by atoms with Crippen LogP contribution < -0.4 is 21.3 Å². The third kappa shape index (κ3) is 3.51. The minimum atomic E-state index is -1.54. The maximum absolute atomic E-state index is 11.7. The monoisotopic (exact) mass is 431 g/mol. The van der Waals surface area contributed by atoms with Crippen LogP contribution in [-0.4, -0.2) is 54.5 Å². The highest BCUT2D eigenvalue weighted by Gasteiger charge is 2.24. The van der Waals surface area contributed by atoms with E-state index in [9.17, 15) is 14.8 Å². The number of pyridine rings is 1. The van der Waals surface area contributed by atoms with E-state index in [-0.39, 0.29) is 5.69 Å². The molecule has 1 amide bonds. The van der Waals surface area contributed by atoms with E-state index in [1.165, 1.54) is 4.52 Å². The maximum atomic E-state index is 11.7. The Hall–Kier alpha value is -4.03. The van der Waals surface area contributed by atoms with Crippen LogP contribution in [-0.2, 0) is 13.0 Å². The molecule has 5 N–H and O–H groups in total. The second-order valence-corrected chi connectivity index (χ2v) is 7.25. The van der Waals surface area contributed by atoms with Gasteiger partial charge in [-0.05, 0) is 23.2 Å². The summed E-state index contributed by atoms with van der Waals surface area (Å²) in [5.74, 6) is 0.784. The number of fused-ring (bicyclic) bond motifs is 2. The van der Waals surface area contributed by atoms with Crippen LogP contribution in [0.25, 0.3) is 17.0 Å². The van der Waals surface area contributed by atoms with Crippen molar-refractivity contribution < 1.29 is 19.6 Å². The number of ether oxygens (including phenoxy) is 1. The second kappa shape index (κ2) is 7.91. The summed E-state index contributed by atoms with van der Waals surface area (Å²) >= 11 is 0. The summed E-state index contributed by atoms with van der Waals surface area (Å²) in [5, 5.41) is 30.3. The molecular weight excluding hydrogens is 413 g/mol. The van der Waals surface area contributed by atoms with Crippen molar-refractivity contribution in [3.63, 3.8) is 0 Å². The number of carbonyl (C=O) groups excluding carboxylic acids is 1. The molecule has 1 aliphatic heterocycles. The van der Waals surface area contributed by atoms with Crippen LogP contribution in [0.1, 0.15) is 21.7 Å². The van der Waals surface area contributed by atoms with E-state index in [1.54, 1.807) is 36.4 Å². The molecular formula is C20H18BN7O4. The number of nitrogens with zero attached hydrogens (tertiary/aromatic N) is 5. The van der Waals surface area contributed by atoms with Crippen molar-refractivity contribution in [2.75, 3.05) is 11.9 Å². The molecule has 12 heteroatoms. The molecule has 1 aromatic carbocycles. The van der Waals surface area contributed by atoms with Gasteiger partial charge in [0, 0.05) is 13.0 Å². The number of hydrogen-bond donors (Lipinski definition) is 4. The summed E-state index contributed by atoms with van der Waals surface area (Å²) in [6.07, 6.45) is 0.622. The van der Waals surface area contributed by atoms with E-state index in [2.05, 4.69) is 25.6 Å². The van der Waals surface area contributed by atoms with Gasteiger partial charge in [-0.1, -0.05) is 35.5 Å². The lowest BCUT2D eigenvalue weighted by Crippen LogP contribution is -2.30. The maximum Gasteiger partial charge on any atom is 0.488 e. The Morgan fingerprint density at radius 2 is 2.06 bits per heavy atom. The van der Waals surface area contributed by atoms with Crippen LogP contribution >= 0.6 is 0 Å². The third-order valence-corrected chi connectivity index (χ3v) is 5.14. The Bertz CT molecular complexity index is 1340. The van der Waals surface area contributed by atoms with Gasteiger partial charge in [0.1, 0.15) is 5.69 Å². The first kappa shape index (κ1) is 19.9. The minimum Gasteiger partial charge on any atom is -0.487 e. The molecule has 0 bridgehead atoms. The van der Waals surface area contributed by atoms with Gasteiger partial charge in [0.2, 0.25) is 0 Å². The first-order chi connectivity index (χ1) is 15.5. The Morgan fingerprint density at radius 1 is 1.22 bits per heavy atom. The fourth-order valence-electron chi connectivity index (χ4n) is 3.61. The lowest BCUT2D eigenvalue weighted by atomic mass is 9.80. The predicted molar refractivity (Wildman–Crippen MR) is 115 cm³/mol. The number of nitrogens with one attached hydrogen (secondary N) is 1. The number of carbonyl (C=O) groups is 1.